The first kappa shape index (κ1) is 11.7. The number of likely N-dealkylation sites (tertiary alicyclic amines) is 1. The lowest BCUT2D eigenvalue weighted by Crippen LogP contribution is -2.60. The largest absolute Gasteiger partial charge is 0.373 e. The summed E-state index contributed by atoms with van der Waals surface area (Å²) in [5.74, 6) is 0.149. The van der Waals surface area contributed by atoms with Crippen LogP contribution in [0, 0.1) is 0 Å². The molecule has 2 atom stereocenters. The number of rotatable bonds is 2. The fourth-order valence-electron chi connectivity index (χ4n) is 2.79. The minimum Gasteiger partial charge on any atom is -0.373 e. The van der Waals surface area contributed by atoms with Gasteiger partial charge < -0.3 is 9.64 Å². The van der Waals surface area contributed by atoms with Gasteiger partial charge in [0.25, 0.3) is 0 Å². The van der Waals surface area contributed by atoms with Crippen molar-refractivity contribution >= 4 is 5.91 Å². The van der Waals surface area contributed by atoms with Crippen LogP contribution in [-0.4, -0.2) is 42.1 Å². The van der Waals surface area contributed by atoms with Gasteiger partial charge in [-0.25, -0.2) is 0 Å². The highest BCUT2D eigenvalue weighted by molar-refractivity contribution is 5.89. The van der Waals surface area contributed by atoms with E-state index in [1.807, 2.05) is 42.2 Å². The molecule has 4 heteroatoms. The molecule has 1 aromatic rings. The van der Waals surface area contributed by atoms with E-state index in [0.29, 0.717) is 19.7 Å². The summed E-state index contributed by atoms with van der Waals surface area (Å²) in [6.45, 7) is 4.73. The summed E-state index contributed by atoms with van der Waals surface area (Å²) in [6, 6.07) is 10.1. The van der Waals surface area contributed by atoms with Gasteiger partial charge in [0, 0.05) is 19.6 Å². The highest BCUT2D eigenvalue weighted by atomic mass is 16.5. The third-order valence-corrected chi connectivity index (χ3v) is 3.89. The molecule has 0 saturated carbocycles. The second-order valence-electron chi connectivity index (χ2n) is 5.16. The van der Waals surface area contributed by atoms with E-state index in [4.69, 9.17) is 4.74 Å². The SMILES string of the molecule is CC12NCCOC1CN(Cc1ccccc1)C2=O. The van der Waals surface area contributed by atoms with E-state index in [2.05, 4.69) is 5.32 Å². The van der Waals surface area contributed by atoms with Crippen LogP contribution in [0.2, 0.25) is 0 Å². The number of carbonyl (C=O) groups is 1. The fraction of sp³-hybridized carbons (Fsp3) is 0.500. The molecular formula is C14H18N2O2. The zero-order valence-corrected chi connectivity index (χ0v) is 10.6. The zero-order valence-electron chi connectivity index (χ0n) is 10.6. The van der Waals surface area contributed by atoms with Gasteiger partial charge in [-0.2, -0.15) is 0 Å². The Kier molecular flexibility index (Phi) is 2.84. The number of hydrogen-bond donors (Lipinski definition) is 1. The Morgan fingerprint density at radius 1 is 1.44 bits per heavy atom. The Balaban J connectivity index is 1.77. The number of hydrogen-bond acceptors (Lipinski definition) is 3. The Hall–Kier alpha value is -1.39. The van der Waals surface area contributed by atoms with Gasteiger partial charge in [-0.05, 0) is 12.5 Å². The lowest BCUT2D eigenvalue weighted by molar-refractivity contribution is -0.136. The van der Waals surface area contributed by atoms with Gasteiger partial charge in [0.1, 0.15) is 11.6 Å². The summed E-state index contributed by atoms with van der Waals surface area (Å²) in [6.07, 6.45) is -0.0255. The standard InChI is InChI=1S/C14H18N2O2/c1-14-12(18-8-7-15-14)10-16(13(14)17)9-11-5-3-2-4-6-11/h2-6,12,15H,7-10H2,1H3. The average Bonchev–Trinajstić information content (AvgIpc) is 2.64. The number of morpholine rings is 1. The molecule has 3 rings (SSSR count). The van der Waals surface area contributed by atoms with Crippen molar-refractivity contribution in [2.24, 2.45) is 0 Å². The van der Waals surface area contributed by atoms with Gasteiger partial charge in [0.05, 0.1) is 6.61 Å². The Morgan fingerprint density at radius 2 is 2.22 bits per heavy atom. The molecule has 96 valence electrons. The summed E-state index contributed by atoms with van der Waals surface area (Å²) >= 11 is 0. The molecule has 1 amide bonds. The van der Waals surface area contributed by atoms with Crippen LogP contribution >= 0.6 is 0 Å². The summed E-state index contributed by atoms with van der Waals surface area (Å²) in [7, 11) is 0. The van der Waals surface area contributed by atoms with Gasteiger partial charge >= 0.3 is 0 Å². The van der Waals surface area contributed by atoms with Gasteiger partial charge in [-0.1, -0.05) is 30.3 Å². The van der Waals surface area contributed by atoms with Gasteiger partial charge in [0.2, 0.25) is 5.91 Å². The third-order valence-electron chi connectivity index (χ3n) is 3.89. The first-order valence-electron chi connectivity index (χ1n) is 6.40. The second-order valence-corrected chi connectivity index (χ2v) is 5.16. The van der Waals surface area contributed by atoms with Crippen LogP contribution in [-0.2, 0) is 16.1 Å². The molecule has 0 bridgehead atoms. The van der Waals surface area contributed by atoms with Crippen molar-refractivity contribution in [3.63, 3.8) is 0 Å². The van der Waals surface area contributed by atoms with Crippen LogP contribution in [0.5, 0.6) is 0 Å². The molecule has 2 aliphatic rings. The molecule has 0 radical (unpaired) electrons. The molecule has 1 N–H and O–H groups in total. The maximum Gasteiger partial charge on any atom is 0.245 e. The molecule has 18 heavy (non-hydrogen) atoms. The molecule has 2 unspecified atom stereocenters. The monoisotopic (exact) mass is 246 g/mol. The van der Waals surface area contributed by atoms with E-state index in [9.17, 15) is 4.79 Å². The molecule has 2 saturated heterocycles. The normalized spacial score (nSPS) is 31.5. The van der Waals surface area contributed by atoms with Crippen LogP contribution < -0.4 is 5.32 Å². The predicted molar refractivity (Wildman–Crippen MR) is 68.0 cm³/mol. The zero-order chi connectivity index (χ0) is 12.6. The van der Waals surface area contributed by atoms with Crippen LogP contribution in [0.15, 0.2) is 30.3 Å². The maximum absolute atomic E-state index is 12.4. The molecular weight excluding hydrogens is 228 g/mol. The van der Waals surface area contributed by atoms with E-state index < -0.39 is 5.54 Å². The van der Waals surface area contributed by atoms with Gasteiger partial charge in [-0.3, -0.25) is 10.1 Å². The summed E-state index contributed by atoms with van der Waals surface area (Å²) in [5, 5.41) is 3.31. The number of benzene rings is 1. The minimum absolute atomic E-state index is 0.0255. The number of carbonyl (C=O) groups excluding carboxylic acids is 1. The van der Waals surface area contributed by atoms with Crippen molar-refractivity contribution in [1.82, 2.24) is 10.2 Å². The molecule has 0 spiro atoms. The van der Waals surface area contributed by atoms with Gasteiger partial charge in [-0.15, -0.1) is 0 Å². The van der Waals surface area contributed by atoms with Crippen LogP contribution in [0.25, 0.3) is 0 Å². The highest BCUT2D eigenvalue weighted by Crippen LogP contribution is 2.29. The summed E-state index contributed by atoms with van der Waals surface area (Å²) < 4.78 is 5.72. The Labute approximate surface area is 107 Å². The van der Waals surface area contributed by atoms with Crippen molar-refractivity contribution in [2.75, 3.05) is 19.7 Å². The van der Waals surface area contributed by atoms with Crippen LogP contribution in [0.3, 0.4) is 0 Å². The van der Waals surface area contributed by atoms with E-state index >= 15 is 0 Å². The van der Waals surface area contributed by atoms with E-state index in [1.54, 1.807) is 0 Å². The smallest absolute Gasteiger partial charge is 0.245 e. The van der Waals surface area contributed by atoms with Crippen LogP contribution in [0.1, 0.15) is 12.5 Å². The summed E-state index contributed by atoms with van der Waals surface area (Å²) in [4.78, 5) is 14.3. The molecule has 0 aromatic heterocycles. The number of nitrogens with one attached hydrogen (secondary N) is 1. The topological polar surface area (TPSA) is 41.6 Å². The van der Waals surface area contributed by atoms with Crippen molar-refractivity contribution in [1.29, 1.82) is 0 Å². The Morgan fingerprint density at radius 3 is 2.94 bits per heavy atom. The molecule has 2 heterocycles. The lowest BCUT2D eigenvalue weighted by Gasteiger charge is -2.34. The quantitative estimate of drug-likeness (QED) is 0.838. The number of fused-ring (bicyclic) bond motifs is 1. The first-order chi connectivity index (χ1) is 8.70. The van der Waals surface area contributed by atoms with Crippen molar-refractivity contribution in [2.45, 2.75) is 25.1 Å². The first-order valence-corrected chi connectivity index (χ1v) is 6.40. The van der Waals surface area contributed by atoms with Gasteiger partial charge in [0.15, 0.2) is 0 Å². The molecule has 0 aliphatic carbocycles. The molecule has 2 aliphatic heterocycles. The molecule has 1 aromatic carbocycles. The Bertz CT molecular complexity index is 448. The number of nitrogens with zero attached hydrogens (tertiary/aromatic N) is 1. The number of amides is 1. The lowest BCUT2D eigenvalue weighted by atomic mass is 9.96. The average molecular weight is 246 g/mol. The van der Waals surface area contributed by atoms with Crippen LogP contribution in [0.4, 0.5) is 0 Å². The fourth-order valence-corrected chi connectivity index (χ4v) is 2.79. The minimum atomic E-state index is -0.535. The van der Waals surface area contributed by atoms with Crippen molar-refractivity contribution in [3.8, 4) is 0 Å². The number of ether oxygens (including phenoxy) is 1. The second kappa shape index (κ2) is 4.37. The highest BCUT2D eigenvalue weighted by Gasteiger charge is 2.52. The van der Waals surface area contributed by atoms with Crippen molar-refractivity contribution in [3.05, 3.63) is 35.9 Å². The van der Waals surface area contributed by atoms with E-state index in [-0.39, 0.29) is 12.0 Å². The maximum atomic E-state index is 12.4. The molecule has 2 fully saturated rings. The van der Waals surface area contributed by atoms with E-state index in [0.717, 1.165) is 12.1 Å². The summed E-state index contributed by atoms with van der Waals surface area (Å²) in [5.41, 5.74) is 0.626. The van der Waals surface area contributed by atoms with Crippen molar-refractivity contribution < 1.29 is 9.53 Å². The molecule has 4 nitrogen and oxygen atoms in total. The third kappa shape index (κ3) is 1.82. The predicted octanol–water partition coefficient (Wildman–Crippen LogP) is 0.776. The van der Waals surface area contributed by atoms with E-state index in [1.165, 1.54) is 0 Å².